The minimum absolute atomic E-state index is 0.860. The van der Waals surface area contributed by atoms with Gasteiger partial charge in [0, 0.05) is 11.6 Å². The molecule has 0 fully saturated rings. The highest BCUT2D eigenvalue weighted by Crippen LogP contribution is 2.23. The summed E-state index contributed by atoms with van der Waals surface area (Å²) in [6.45, 7) is 0. The van der Waals surface area contributed by atoms with Crippen LogP contribution in [0.25, 0.3) is 16.3 Å². The maximum absolute atomic E-state index is 5.18. The summed E-state index contributed by atoms with van der Waals surface area (Å²) >= 11 is 0. The molecule has 2 aromatic heterocycles. The number of pyridine rings is 1. The lowest BCUT2D eigenvalue weighted by molar-refractivity contribution is 0.415. The van der Waals surface area contributed by atoms with Crippen molar-refractivity contribution >= 4 is 16.3 Å². The molecule has 0 aliphatic rings. The number of benzene rings is 1. The van der Waals surface area contributed by atoms with E-state index in [9.17, 15) is 0 Å². The number of rotatable bonds is 1. The normalized spacial score (nSPS) is 11.0. The fourth-order valence-corrected chi connectivity index (χ4v) is 1.74. The SMILES string of the molecule is COc1ccc2c(ccn3nncc23)c1. The summed E-state index contributed by atoms with van der Waals surface area (Å²) in [5, 5.41) is 10.1. The first-order chi connectivity index (χ1) is 7.38. The van der Waals surface area contributed by atoms with Crippen LogP contribution in [0, 0.1) is 0 Å². The van der Waals surface area contributed by atoms with Crippen molar-refractivity contribution in [1.82, 2.24) is 14.8 Å². The highest BCUT2D eigenvalue weighted by atomic mass is 16.5. The van der Waals surface area contributed by atoms with Gasteiger partial charge in [0.25, 0.3) is 0 Å². The third kappa shape index (κ3) is 1.15. The Hall–Kier alpha value is -2.10. The third-order valence-corrected chi connectivity index (χ3v) is 2.50. The van der Waals surface area contributed by atoms with E-state index in [1.807, 2.05) is 30.5 Å². The van der Waals surface area contributed by atoms with Crippen molar-refractivity contribution in [3.63, 3.8) is 0 Å². The summed E-state index contributed by atoms with van der Waals surface area (Å²) in [6.07, 6.45) is 3.65. The molecule has 0 amide bonds. The Morgan fingerprint density at radius 2 is 2.20 bits per heavy atom. The number of fused-ring (bicyclic) bond motifs is 3. The molecule has 0 unspecified atom stereocenters. The van der Waals surface area contributed by atoms with Gasteiger partial charge in [0.15, 0.2) is 0 Å². The molecule has 74 valence electrons. The number of aromatic nitrogens is 3. The topological polar surface area (TPSA) is 39.4 Å². The molecule has 15 heavy (non-hydrogen) atoms. The van der Waals surface area contributed by atoms with E-state index in [2.05, 4.69) is 10.3 Å². The van der Waals surface area contributed by atoms with Crippen LogP contribution in [0.2, 0.25) is 0 Å². The fraction of sp³-hybridized carbons (Fsp3) is 0.0909. The molecule has 0 radical (unpaired) electrons. The van der Waals surface area contributed by atoms with E-state index < -0.39 is 0 Å². The summed E-state index contributed by atoms with van der Waals surface area (Å²) in [5.41, 5.74) is 1.01. The Morgan fingerprint density at radius 1 is 1.27 bits per heavy atom. The number of hydrogen-bond acceptors (Lipinski definition) is 3. The molecule has 0 saturated carbocycles. The van der Waals surface area contributed by atoms with Crippen LogP contribution in [0.5, 0.6) is 5.75 Å². The molecule has 4 heteroatoms. The van der Waals surface area contributed by atoms with Gasteiger partial charge in [-0.1, -0.05) is 5.21 Å². The predicted molar refractivity (Wildman–Crippen MR) is 57.0 cm³/mol. The van der Waals surface area contributed by atoms with Crippen LogP contribution in [0.4, 0.5) is 0 Å². The van der Waals surface area contributed by atoms with Crippen LogP contribution < -0.4 is 4.74 Å². The molecule has 0 saturated heterocycles. The predicted octanol–water partition coefficient (Wildman–Crippen LogP) is 1.89. The summed E-state index contributed by atoms with van der Waals surface area (Å²) in [4.78, 5) is 0. The summed E-state index contributed by atoms with van der Waals surface area (Å²) in [6, 6.07) is 7.96. The van der Waals surface area contributed by atoms with Gasteiger partial charge in [-0.2, -0.15) is 0 Å². The Bertz CT molecular complexity index is 630. The third-order valence-electron chi connectivity index (χ3n) is 2.50. The van der Waals surface area contributed by atoms with Crippen molar-refractivity contribution in [3.8, 4) is 5.75 Å². The van der Waals surface area contributed by atoms with Gasteiger partial charge < -0.3 is 4.74 Å². The van der Waals surface area contributed by atoms with E-state index in [0.717, 1.165) is 22.0 Å². The van der Waals surface area contributed by atoms with Crippen LogP contribution >= 0.6 is 0 Å². The summed E-state index contributed by atoms with van der Waals surface area (Å²) < 4.78 is 6.94. The van der Waals surface area contributed by atoms with Gasteiger partial charge in [-0.15, -0.1) is 5.10 Å². The average molecular weight is 199 g/mol. The fourth-order valence-electron chi connectivity index (χ4n) is 1.74. The van der Waals surface area contributed by atoms with Crippen molar-refractivity contribution in [2.75, 3.05) is 7.11 Å². The van der Waals surface area contributed by atoms with E-state index in [1.165, 1.54) is 0 Å². The Morgan fingerprint density at radius 3 is 3.07 bits per heavy atom. The average Bonchev–Trinajstić information content (AvgIpc) is 2.76. The second-order valence-corrected chi connectivity index (χ2v) is 3.33. The van der Waals surface area contributed by atoms with E-state index in [-0.39, 0.29) is 0 Å². The standard InChI is InChI=1S/C11H9N3O/c1-15-9-2-3-10-8(6-9)4-5-14-11(10)7-12-13-14/h2-7H,1H3. The second kappa shape index (κ2) is 2.95. The van der Waals surface area contributed by atoms with Crippen molar-refractivity contribution in [2.24, 2.45) is 0 Å². The van der Waals surface area contributed by atoms with E-state index in [0.29, 0.717) is 0 Å². The van der Waals surface area contributed by atoms with Gasteiger partial charge in [0.2, 0.25) is 0 Å². The van der Waals surface area contributed by atoms with Crippen LogP contribution in [-0.2, 0) is 0 Å². The summed E-state index contributed by atoms with van der Waals surface area (Å²) in [7, 11) is 1.67. The van der Waals surface area contributed by atoms with E-state index in [4.69, 9.17) is 4.74 Å². The first-order valence-corrected chi connectivity index (χ1v) is 4.65. The van der Waals surface area contributed by atoms with Crippen molar-refractivity contribution in [1.29, 1.82) is 0 Å². The highest BCUT2D eigenvalue weighted by molar-refractivity contribution is 5.95. The lowest BCUT2D eigenvalue weighted by Gasteiger charge is -2.03. The zero-order chi connectivity index (χ0) is 10.3. The highest BCUT2D eigenvalue weighted by Gasteiger charge is 2.02. The Kier molecular flexibility index (Phi) is 1.62. The van der Waals surface area contributed by atoms with Crippen LogP contribution in [0.15, 0.2) is 36.7 Å². The first kappa shape index (κ1) is 8.23. The van der Waals surface area contributed by atoms with Crippen LogP contribution in [0.3, 0.4) is 0 Å². The number of nitrogens with zero attached hydrogens (tertiary/aromatic N) is 3. The first-order valence-electron chi connectivity index (χ1n) is 4.65. The molecular formula is C11H9N3O. The van der Waals surface area contributed by atoms with Gasteiger partial charge in [0.05, 0.1) is 18.8 Å². The van der Waals surface area contributed by atoms with Crippen LogP contribution in [-0.4, -0.2) is 21.9 Å². The maximum atomic E-state index is 5.18. The minimum Gasteiger partial charge on any atom is -0.497 e. The Labute approximate surface area is 86.1 Å². The number of ether oxygens (including phenoxy) is 1. The van der Waals surface area contributed by atoms with Crippen LogP contribution in [0.1, 0.15) is 0 Å². The molecule has 1 aromatic carbocycles. The molecule has 0 bridgehead atoms. The smallest absolute Gasteiger partial charge is 0.119 e. The molecule has 0 atom stereocenters. The molecule has 4 nitrogen and oxygen atoms in total. The van der Waals surface area contributed by atoms with Gasteiger partial charge in [0.1, 0.15) is 5.75 Å². The van der Waals surface area contributed by atoms with Gasteiger partial charge in [-0.05, 0) is 29.7 Å². The zero-order valence-corrected chi connectivity index (χ0v) is 8.21. The Balaban J connectivity index is 2.44. The molecule has 3 aromatic rings. The summed E-state index contributed by atoms with van der Waals surface area (Å²) in [5.74, 6) is 0.860. The molecule has 0 aliphatic carbocycles. The molecule has 3 rings (SSSR count). The quantitative estimate of drug-likeness (QED) is 0.600. The minimum atomic E-state index is 0.860. The van der Waals surface area contributed by atoms with Crippen molar-refractivity contribution < 1.29 is 4.74 Å². The van der Waals surface area contributed by atoms with Crippen molar-refractivity contribution in [2.45, 2.75) is 0 Å². The number of methoxy groups -OCH3 is 1. The number of hydrogen-bond donors (Lipinski definition) is 0. The molecule has 0 spiro atoms. The zero-order valence-electron chi connectivity index (χ0n) is 8.21. The maximum Gasteiger partial charge on any atom is 0.119 e. The monoisotopic (exact) mass is 199 g/mol. The molecular weight excluding hydrogens is 190 g/mol. The molecule has 2 heterocycles. The van der Waals surface area contributed by atoms with Gasteiger partial charge in [-0.3, -0.25) is 0 Å². The van der Waals surface area contributed by atoms with E-state index >= 15 is 0 Å². The molecule has 0 N–H and O–H groups in total. The largest absolute Gasteiger partial charge is 0.497 e. The lowest BCUT2D eigenvalue weighted by Crippen LogP contribution is -1.88. The second-order valence-electron chi connectivity index (χ2n) is 3.33. The molecule has 0 aliphatic heterocycles. The lowest BCUT2D eigenvalue weighted by atomic mass is 10.1. The van der Waals surface area contributed by atoms with Gasteiger partial charge >= 0.3 is 0 Å². The van der Waals surface area contributed by atoms with Gasteiger partial charge in [-0.25, -0.2) is 4.52 Å². The van der Waals surface area contributed by atoms with E-state index in [1.54, 1.807) is 17.8 Å². The van der Waals surface area contributed by atoms with Crippen molar-refractivity contribution in [3.05, 3.63) is 36.7 Å².